The smallest absolute Gasteiger partial charge is 0.237 e. The van der Waals surface area contributed by atoms with Gasteiger partial charge in [0.25, 0.3) is 0 Å². The first-order valence-corrected chi connectivity index (χ1v) is 5.74. The number of hydrogen-bond donors (Lipinski definition) is 1. The number of halogens is 1. The Morgan fingerprint density at radius 1 is 1.39 bits per heavy atom. The average molecular weight is 268 g/mol. The highest BCUT2D eigenvalue weighted by Gasteiger charge is 2.12. The van der Waals surface area contributed by atoms with Crippen LogP contribution < -0.4 is 10.1 Å². The lowest BCUT2D eigenvalue weighted by molar-refractivity contribution is 0.398. The molecule has 0 amide bonds. The molecule has 0 bridgehead atoms. The van der Waals surface area contributed by atoms with Crippen LogP contribution in [-0.4, -0.2) is 26.9 Å². The summed E-state index contributed by atoms with van der Waals surface area (Å²) >= 11 is 5.87. The van der Waals surface area contributed by atoms with E-state index in [1.54, 1.807) is 4.68 Å². The zero-order valence-electron chi connectivity index (χ0n) is 10.7. The van der Waals surface area contributed by atoms with E-state index >= 15 is 0 Å². The minimum atomic E-state index is 0.341. The maximum Gasteiger partial charge on any atom is 0.237 e. The minimum Gasteiger partial charge on any atom is -0.480 e. The number of nitrogens with one attached hydrogen (secondary N) is 1. The van der Waals surface area contributed by atoms with Gasteiger partial charge < -0.3 is 10.1 Å². The quantitative estimate of drug-likeness (QED) is 0.924. The molecule has 2 aromatic rings. The van der Waals surface area contributed by atoms with Gasteiger partial charge in [0.05, 0.1) is 30.4 Å². The summed E-state index contributed by atoms with van der Waals surface area (Å²) in [5, 5.41) is 7.80. The molecule has 0 radical (unpaired) electrons. The molecule has 0 fully saturated rings. The zero-order chi connectivity index (χ0) is 13.3. The Balaban J connectivity index is 2.34. The van der Waals surface area contributed by atoms with E-state index in [-0.39, 0.29) is 0 Å². The van der Waals surface area contributed by atoms with Crippen molar-refractivity contribution in [3.05, 3.63) is 22.6 Å². The summed E-state index contributed by atoms with van der Waals surface area (Å²) in [4.78, 5) is 8.27. The summed E-state index contributed by atoms with van der Waals surface area (Å²) < 4.78 is 6.84. The first-order valence-electron chi connectivity index (χ1n) is 5.36. The van der Waals surface area contributed by atoms with Gasteiger partial charge in [0.15, 0.2) is 0 Å². The van der Waals surface area contributed by atoms with Crippen molar-refractivity contribution in [1.29, 1.82) is 0 Å². The second-order valence-electron chi connectivity index (χ2n) is 3.85. The van der Waals surface area contributed by atoms with E-state index in [0.29, 0.717) is 16.9 Å². The Hall–Kier alpha value is -1.82. The van der Waals surface area contributed by atoms with E-state index in [4.69, 9.17) is 16.3 Å². The molecule has 0 aromatic carbocycles. The molecule has 0 saturated heterocycles. The third-order valence-corrected chi connectivity index (χ3v) is 2.91. The van der Waals surface area contributed by atoms with E-state index in [1.165, 1.54) is 13.3 Å². The van der Waals surface area contributed by atoms with Crippen LogP contribution in [0.5, 0.6) is 5.88 Å². The molecule has 2 aromatic heterocycles. The summed E-state index contributed by atoms with van der Waals surface area (Å²) in [6.07, 6.45) is 1.50. The van der Waals surface area contributed by atoms with Gasteiger partial charge >= 0.3 is 0 Å². The van der Waals surface area contributed by atoms with Crippen LogP contribution in [0, 0.1) is 13.8 Å². The van der Waals surface area contributed by atoms with Crippen LogP contribution in [-0.2, 0) is 7.05 Å². The monoisotopic (exact) mass is 267 g/mol. The highest BCUT2D eigenvalue weighted by atomic mass is 35.5. The van der Waals surface area contributed by atoms with Crippen molar-refractivity contribution in [2.75, 3.05) is 12.4 Å². The lowest BCUT2D eigenvalue weighted by Gasteiger charge is -2.07. The zero-order valence-corrected chi connectivity index (χ0v) is 11.4. The van der Waals surface area contributed by atoms with Gasteiger partial charge in [-0.1, -0.05) is 11.6 Å². The Bertz CT molecular complexity index is 581. The number of aromatic nitrogens is 4. The summed E-state index contributed by atoms with van der Waals surface area (Å²) in [5.41, 5.74) is 2.78. The van der Waals surface area contributed by atoms with Crippen LogP contribution in [0.3, 0.4) is 0 Å². The number of methoxy groups -OCH3 is 1. The molecule has 0 atom stereocenters. The molecule has 2 rings (SSSR count). The molecule has 0 aliphatic carbocycles. The molecule has 7 heteroatoms. The maximum absolute atomic E-state index is 5.87. The molecule has 0 saturated carbocycles. The van der Waals surface area contributed by atoms with Crippen molar-refractivity contribution < 1.29 is 4.74 Å². The number of hydrogen-bond acceptors (Lipinski definition) is 5. The van der Waals surface area contributed by atoms with E-state index in [9.17, 15) is 0 Å². The Labute approximate surface area is 110 Å². The highest BCUT2D eigenvalue weighted by Crippen LogP contribution is 2.25. The van der Waals surface area contributed by atoms with Gasteiger partial charge in [-0.3, -0.25) is 4.68 Å². The fraction of sp³-hybridized carbons (Fsp3) is 0.364. The van der Waals surface area contributed by atoms with Crippen molar-refractivity contribution in [1.82, 2.24) is 19.7 Å². The van der Waals surface area contributed by atoms with Gasteiger partial charge in [-0.25, -0.2) is 4.98 Å². The number of aryl methyl sites for hydroxylation is 2. The van der Waals surface area contributed by atoms with Crippen LogP contribution >= 0.6 is 11.6 Å². The van der Waals surface area contributed by atoms with Crippen molar-refractivity contribution in [2.45, 2.75) is 13.8 Å². The predicted octanol–water partition coefficient (Wildman–Crippen LogP) is 2.23. The second-order valence-corrected chi connectivity index (χ2v) is 4.25. The molecule has 96 valence electrons. The first kappa shape index (κ1) is 12.6. The third-order valence-electron chi connectivity index (χ3n) is 2.65. The number of rotatable bonds is 3. The average Bonchev–Trinajstić information content (AvgIpc) is 2.58. The Morgan fingerprint density at radius 2 is 2.11 bits per heavy atom. The van der Waals surface area contributed by atoms with E-state index in [2.05, 4.69) is 20.4 Å². The molecule has 18 heavy (non-hydrogen) atoms. The summed E-state index contributed by atoms with van der Waals surface area (Å²) in [6.45, 7) is 3.89. The fourth-order valence-electron chi connectivity index (χ4n) is 1.62. The van der Waals surface area contributed by atoms with Crippen LogP contribution in [0.2, 0.25) is 5.02 Å². The Kier molecular flexibility index (Phi) is 3.38. The lowest BCUT2D eigenvalue weighted by atomic mass is 10.3. The van der Waals surface area contributed by atoms with Crippen LogP contribution in [0.25, 0.3) is 0 Å². The molecule has 6 nitrogen and oxygen atoms in total. The topological polar surface area (TPSA) is 64.9 Å². The highest BCUT2D eigenvalue weighted by molar-refractivity contribution is 6.31. The van der Waals surface area contributed by atoms with E-state index in [0.717, 1.165) is 17.1 Å². The molecular weight excluding hydrogens is 254 g/mol. The van der Waals surface area contributed by atoms with Gasteiger partial charge in [-0.15, -0.1) is 0 Å². The number of ether oxygens (including phenoxy) is 1. The molecule has 0 aliphatic rings. The molecule has 0 unspecified atom stereocenters. The predicted molar refractivity (Wildman–Crippen MR) is 69.6 cm³/mol. The van der Waals surface area contributed by atoms with Gasteiger partial charge in [0, 0.05) is 7.05 Å². The van der Waals surface area contributed by atoms with Gasteiger partial charge in [-0.05, 0) is 13.8 Å². The standard InChI is InChI=1S/C11H14ClN5O/c1-6-9(7(2)17(3)16-6)14-11-13-5-8(12)10(15-11)18-4/h5H,1-4H3,(H,13,14,15). The largest absolute Gasteiger partial charge is 0.480 e. The van der Waals surface area contributed by atoms with Gasteiger partial charge in [-0.2, -0.15) is 10.1 Å². The van der Waals surface area contributed by atoms with Crippen molar-refractivity contribution in [2.24, 2.45) is 7.05 Å². The number of nitrogens with zero attached hydrogens (tertiary/aromatic N) is 4. The normalized spacial score (nSPS) is 10.5. The first-order chi connectivity index (χ1) is 8.52. The van der Waals surface area contributed by atoms with Gasteiger partial charge in [0.2, 0.25) is 11.8 Å². The summed E-state index contributed by atoms with van der Waals surface area (Å²) in [5.74, 6) is 0.767. The SMILES string of the molecule is COc1nc(Nc2c(C)nn(C)c2C)ncc1Cl. The minimum absolute atomic E-state index is 0.341. The molecule has 2 heterocycles. The number of anilines is 2. The van der Waals surface area contributed by atoms with Crippen molar-refractivity contribution in [3.8, 4) is 5.88 Å². The second kappa shape index (κ2) is 4.81. The third kappa shape index (κ3) is 2.24. The fourth-order valence-corrected chi connectivity index (χ4v) is 1.79. The molecule has 1 N–H and O–H groups in total. The molecular formula is C11H14ClN5O. The summed E-state index contributed by atoms with van der Waals surface area (Å²) in [6, 6.07) is 0. The van der Waals surface area contributed by atoms with Crippen LogP contribution in [0.4, 0.5) is 11.6 Å². The maximum atomic E-state index is 5.87. The van der Waals surface area contributed by atoms with Crippen molar-refractivity contribution in [3.63, 3.8) is 0 Å². The van der Waals surface area contributed by atoms with Gasteiger partial charge in [0.1, 0.15) is 5.02 Å². The molecule has 0 aliphatic heterocycles. The lowest BCUT2D eigenvalue weighted by Crippen LogP contribution is -2.01. The van der Waals surface area contributed by atoms with Crippen molar-refractivity contribution >= 4 is 23.2 Å². The molecule has 0 spiro atoms. The van der Waals surface area contributed by atoms with Crippen LogP contribution in [0.15, 0.2) is 6.20 Å². The Morgan fingerprint density at radius 3 is 2.67 bits per heavy atom. The summed E-state index contributed by atoms with van der Waals surface area (Å²) in [7, 11) is 3.40. The van der Waals surface area contributed by atoms with E-state index in [1.807, 2.05) is 20.9 Å². The van der Waals surface area contributed by atoms with E-state index < -0.39 is 0 Å². The van der Waals surface area contributed by atoms with Crippen LogP contribution in [0.1, 0.15) is 11.4 Å².